The van der Waals surface area contributed by atoms with E-state index in [1.807, 2.05) is 6.08 Å². The highest BCUT2D eigenvalue weighted by molar-refractivity contribution is 5.76. The van der Waals surface area contributed by atoms with Crippen LogP contribution in [0, 0.1) is 0 Å². The van der Waals surface area contributed by atoms with Crippen LogP contribution >= 0.6 is 0 Å². The fourth-order valence-electron chi connectivity index (χ4n) is 10.4. The Hall–Kier alpha value is -3.87. The van der Waals surface area contributed by atoms with Crippen molar-refractivity contribution in [1.82, 2.24) is 5.32 Å². The third-order valence-corrected chi connectivity index (χ3v) is 15.8. The molecule has 0 saturated carbocycles. The van der Waals surface area contributed by atoms with Gasteiger partial charge in [0.25, 0.3) is 0 Å². The zero-order valence-corrected chi connectivity index (χ0v) is 54.4. The first kappa shape index (κ1) is 80.2. The van der Waals surface area contributed by atoms with Crippen LogP contribution in [0.4, 0.5) is 0 Å². The number of nitrogens with one attached hydrogen (secondary N) is 1. The molecule has 2 aliphatic rings. The molecule has 0 aromatic rings. The number of aliphatic hydroxyl groups is 8. The van der Waals surface area contributed by atoms with Crippen molar-refractivity contribution < 1.29 is 64.6 Å². The minimum atomic E-state index is -1.80. The van der Waals surface area contributed by atoms with Crippen LogP contribution in [0.1, 0.15) is 232 Å². The van der Waals surface area contributed by atoms with Crippen LogP contribution in [0.25, 0.3) is 0 Å². The number of amides is 1. The van der Waals surface area contributed by atoms with Gasteiger partial charge in [0, 0.05) is 6.42 Å². The first-order valence-electron chi connectivity index (χ1n) is 34.4. The summed E-state index contributed by atoms with van der Waals surface area (Å²) < 4.78 is 22.8. The second kappa shape index (κ2) is 57.1. The lowest BCUT2D eigenvalue weighted by Crippen LogP contribution is -2.65. The molecule has 0 spiro atoms. The van der Waals surface area contributed by atoms with Crippen LogP contribution in [0.3, 0.4) is 0 Å². The van der Waals surface area contributed by atoms with Crippen molar-refractivity contribution in [3.05, 3.63) is 134 Å². The molecule has 502 valence electrons. The van der Waals surface area contributed by atoms with E-state index in [4.69, 9.17) is 18.9 Å². The van der Waals surface area contributed by atoms with E-state index in [1.165, 1.54) is 96.3 Å². The number of rotatable bonds is 54. The summed E-state index contributed by atoms with van der Waals surface area (Å²) >= 11 is 0. The number of aliphatic hydroxyl groups excluding tert-OH is 8. The predicted octanol–water partition coefficient (Wildman–Crippen LogP) is 13.9. The molecule has 9 N–H and O–H groups in total. The molecule has 2 saturated heterocycles. The third-order valence-electron chi connectivity index (χ3n) is 15.8. The Kier molecular flexibility index (Phi) is 52.0. The molecule has 2 rings (SSSR count). The molecule has 0 aromatic carbocycles. The highest BCUT2D eigenvalue weighted by Crippen LogP contribution is 2.30. The lowest BCUT2D eigenvalue weighted by atomic mass is 9.97. The monoisotopic (exact) mass is 1230 g/mol. The van der Waals surface area contributed by atoms with E-state index >= 15 is 0 Å². The number of carbonyl (C=O) groups is 1. The first-order chi connectivity index (χ1) is 43.1. The van der Waals surface area contributed by atoms with Gasteiger partial charge in [-0.2, -0.15) is 0 Å². The van der Waals surface area contributed by atoms with Crippen molar-refractivity contribution in [2.24, 2.45) is 0 Å². The van der Waals surface area contributed by atoms with Crippen molar-refractivity contribution in [2.75, 3.05) is 19.8 Å². The molecule has 12 atom stereocenters. The molecule has 0 aliphatic carbocycles. The van der Waals surface area contributed by atoms with Crippen LogP contribution in [-0.2, 0) is 23.7 Å². The molecule has 2 fully saturated rings. The van der Waals surface area contributed by atoms with Gasteiger partial charge >= 0.3 is 0 Å². The van der Waals surface area contributed by atoms with Crippen molar-refractivity contribution in [3.63, 3.8) is 0 Å². The number of carbonyl (C=O) groups excluding carboxylic acids is 1. The fourth-order valence-corrected chi connectivity index (χ4v) is 10.4. The second-order valence-electron chi connectivity index (χ2n) is 23.6. The maximum absolute atomic E-state index is 13.3. The summed E-state index contributed by atoms with van der Waals surface area (Å²) in [7, 11) is 0. The molecular formula is C74H123NO13. The van der Waals surface area contributed by atoms with Gasteiger partial charge in [0.15, 0.2) is 12.6 Å². The summed E-state index contributed by atoms with van der Waals surface area (Å²) in [5.74, 6) is -0.273. The summed E-state index contributed by atoms with van der Waals surface area (Å²) in [6.45, 7) is 2.65. The molecule has 1 amide bonds. The Balaban J connectivity index is 1.72. The van der Waals surface area contributed by atoms with Gasteiger partial charge in [0.2, 0.25) is 5.91 Å². The number of hydrogen-bond acceptors (Lipinski definition) is 13. The molecule has 14 heteroatoms. The van der Waals surface area contributed by atoms with Crippen LogP contribution in [0.2, 0.25) is 0 Å². The van der Waals surface area contributed by atoms with Gasteiger partial charge in [-0.25, -0.2) is 0 Å². The van der Waals surface area contributed by atoms with Crippen molar-refractivity contribution in [1.29, 1.82) is 0 Å². The third kappa shape index (κ3) is 40.8. The zero-order chi connectivity index (χ0) is 63.8. The quantitative estimate of drug-likeness (QED) is 0.0204. The Bertz CT molecular complexity index is 1990. The number of hydrogen-bond donors (Lipinski definition) is 9. The van der Waals surface area contributed by atoms with Crippen LogP contribution in [0.15, 0.2) is 134 Å². The van der Waals surface area contributed by atoms with Gasteiger partial charge in [0.1, 0.15) is 48.8 Å². The SMILES string of the molecule is CC/C=C\C/C=C\C/C=C\C/C=C\C/C=C\C/C=C\C/C=C\C/C=C\C/C=C\CCCCCCCC(=O)NC(COC1OC(CO)C(OC2OC(CO)C(O)C(O)C2O)C(O)C1O)C(O)/C=C/CC/C=C/CCCCCCCCCCCCCCCCC. The average molecular weight is 1230 g/mol. The summed E-state index contributed by atoms with van der Waals surface area (Å²) in [6.07, 6.45) is 67.8. The maximum atomic E-state index is 13.3. The van der Waals surface area contributed by atoms with E-state index in [2.05, 4.69) is 141 Å². The molecule has 2 heterocycles. The number of unbranched alkanes of at least 4 members (excludes halogenated alkanes) is 21. The molecule has 0 radical (unpaired) electrons. The van der Waals surface area contributed by atoms with Crippen LogP contribution in [0.5, 0.6) is 0 Å². The van der Waals surface area contributed by atoms with E-state index in [0.29, 0.717) is 12.8 Å². The van der Waals surface area contributed by atoms with E-state index < -0.39 is 86.8 Å². The van der Waals surface area contributed by atoms with Gasteiger partial charge < -0.3 is 65.1 Å². The lowest BCUT2D eigenvalue weighted by molar-refractivity contribution is -0.359. The van der Waals surface area contributed by atoms with E-state index in [0.717, 1.165) is 103 Å². The van der Waals surface area contributed by atoms with Crippen molar-refractivity contribution >= 4 is 5.91 Å². The predicted molar refractivity (Wildman–Crippen MR) is 359 cm³/mol. The topological polar surface area (TPSA) is 228 Å². The molecule has 2 aliphatic heterocycles. The van der Waals surface area contributed by atoms with Crippen molar-refractivity contribution in [2.45, 2.75) is 306 Å². The minimum absolute atomic E-state index is 0.242. The Morgan fingerprint density at radius 3 is 1.25 bits per heavy atom. The maximum Gasteiger partial charge on any atom is 0.220 e. The Morgan fingerprint density at radius 2 is 0.795 bits per heavy atom. The molecule has 12 unspecified atom stereocenters. The van der Waals surface area contributed by atoms with Gasteiger partial charge in [-0.05, 0) is 103 Å². The van der Waals surface area contributed by atoms with Gasteiger partial charge in [-0.15, -0.1) is 0 Å². The van der Waals surface area contributed by atoms with E-state index in [-0.39, 0.29) is 18.9 Å². The lowest BCUT2D eigenvalue weighted by Gasteiger charge is -2.46. The van der Waals surface area contributed by atoms with Gasteiger partial charge in [-0.3, -0.25) is 4.79 Å². The standard InChI is InChI=1S/C74H123NO13/c1-3-5-7-9-11-13-15-17-19-21-23-25-26-27-28-29-30-31-32-33-34-35-36-38-40-42-44-46-48-50-52-54-56-58-66(79)75-62(63(78)57-55-53-51-49-47-45-43-41-39-37-24-22-20-18-16-14-12-10-8-6-4-2)61-85-73-71(84)69(82)72(65(60-77)87-73)88-74-70(83)68(81)67(80)64(59-76)86-74/h5,7,11,13,17,19,23,25,27-28,30-31,33-34,36,38,42,44,47,49,55,57,62-65,67-74,76-78,80-84H,3-4,6,8-10,12,14-16,18,20-22,24,26,29,32,35,37,39-41,43,45-46,48,50-54,56,58-61H2,1-2H3,(H,75,79)/b7-5-,13-11-,19-17-,25-23-,28-27-,31-30-,34-33-,38-36-,44-42-,49-47+,57-55+. The summed E-state index contributed by atoms with van der Waals surface area (Å²) in [5, 5.41) is 87.3. The average Bonchev–Trinajstić information content (AvgIpc) is 2.07. The molecule has 88 heavy (non-hydrogen) atoms. The highest BCUT2D eigenvalue weighted by Gasteiger charge is 2.51. The first-order valence-corrected chi connectivity index (χ1v) is 34.4. The van der Waals surface area contributed by atoms with E-state index in [9.17, 15) is 45.6 Å². The smallest absolute Gasteiger partial charge is 0.220 e. The summed E-state index contributed by atoms with van der Waals surface area (Å²) in [5.41, 5.74) is 0. The molecular weight excluding hydrogens is 1110 g/mol. The molecule has 0 aromatic heterocycles. The van der Waals surface area contributed by atoms with Gasteiger partial charge in [-0.1, -0.05) is 257 Å². The van der Waals surface area contributed by atoms with Crippen molar-refractivity contribution in [3.8, 4) is 0 Å². The Labute approximate surface area is 532 Å². The second-order valence-corrected chi connectivity index (χ2v) is 23.6. The number of ether oxygens (including phenoxy) is 4. The Morgan fingerprint density at radius 1 is 0.420 bits per heavy atom. The van der Waals surface area contributed by atoms with Gasteiger partial charge in [0.05, 0.1) is 32.0 Å². The normalized spacial score (nSPS) is 24.0. The fraction of sp³-hybridized carbons (Fsp3) is 0.689. The van der Waals surface area contributed by atoms with Crippen LogP contribution in [-0.4, -0.2) is 140 Å². The van der Waals surface area contributed by atoms with Crippen LogP contribution < -0.4 is 5.32 Å². The molecule has 14 nitrogen and oxygen atoms in total. The summed E-state index contributed by atoms with van der Waals surface area (Å²) in [6, 6.07) is -0.954. The molecule has 0 bridgehead atoms. The minimum Gasteiger partial charge on any atom is -0.394 e. The van der Waals surface area contributed by atoms with E-state index in [1.54, 1.807) is 6.08 Å². The number of allylic oxidation sites excluding steroid dienone is 21. The summed E-state index contributed by atoms with van der Waals surface area (Å²) in [4.78, 5) is 13.3. The highest BCUT2D eigenvalue weighted by atomic mass is 16.7. The largest absolute Gasteiger partial charge is 0.394 e. The zero-order valence-electron chi connectivity index (χ0n) is 54.4.